The Balaban J connectivity index is 1.53. The lowest BCUT2D eigenvalue weighted by molar-refractivity contribution is -0.122. The van der Waals surface area contributed by atoms with Crippen molar-refractivity contribution in [3.63, 3.8) is 0 Å². The molecule has 2 saturated heterocycles. The van der Waals surface area contributed by atoms with Crippen LogP contribution in [-0.2, 0) is 19.0 Å². The van der Waals surface area contributed by atoms with Crippen molar-refractivity contribution in [1.82, 2.24) is 10.6 Å². The molecule has 0 aromatic heterocycles. The number of rotatable bonds is 5. The van der Waals surface area contributed by atoms with Gasteiger partial charge >= 0.3 is 0 Å². The SMILES string of the molecule is O=C(CNCC1COCCO1)NC1CCOCC1. The van der Waals surface area contributed by atoms with Crippen molar-refractivity contribution in [3.8, 4) is 0 Å². The Morgan fingerprint density at radius 2 is 1.94 bits per heavy atom. The van der Waals surface area contributed by atoms with Gasteiger partial charge in [-0.3, -0.25) is 4.79 Å². The second-order valence-corrected chi connectivity index (χ2v) is 4.65. The molecule has 2 rings (SSSR count). The van der Waals surface area contributed by atoms with Gasteiger partial charge in [-0.05, 0) is 12.8 Å². The molecule has 0 saturated carbocycles. The van der Waals surface area contributed by atoms with Gasteiger partial charge in [0.1, 0.15) is 0 Å². The van der Waals surface area contributed by atoms with Crippen LogP contribution in [0.15, 0.2) is 0 Å². The van der Waals surface area contributed by atoms with E-state index in [2.05, 4.69) is 10.6 Å². The zero-order chi connectivity index (χ0) is 12.6. The van der Waals surface area contributed by atoms with Gasteiger partial charge in [0.15, 0.2) is 0 Å². The highest BCUT2D eigenvalue weighted by molar-refractivity contribution is 5.78. The standard InChI is InChI=1S/C12H22N2O4/c15-12(14-10-1-3-16-4-2-10)8-13-7-11-9-17-5-6-18-11/h10-11,13H,1-9H2,(H,14,15). The molecule has 18 heavy (non-hydrogen) atoms. The third kappa shape index (κ3) is 4.89. The Bertz CT molecular complexity index is 250. The summed E-state index contributed by atoms with van der Waals surface area (Å²) in [5.74, 6) is 0.0404. The molecule has 0 radical (unpaired) electrons. The number of carbonyl (C=O) groups is 1. The molecule has 6 heteroatoms. The Morgan fingerprint density at radius 1 is 1.11 bits per heavy atom. The number of hydrogen-bond acceptors (Lipinski definition) is 5. The summed E-state index contributed by atoms with van der Waals surface area (Å²) in [4.78, 5) is 11.7. The van der Waals surface area contributed by atoms with Crippen LogP contribution in [-0.4, -0.2) is 64.2 Å². The summed E-state index contributed by atoms with van der Waals surface area (Å²) >= 11 is 0. The van der Waals surface area contributed by atoms with Crippen LogP contribution in [0.25, 0.3) is 0 Å². The molecule has 2 aliphatic heterocycles. The topological polar surface area (TPSA) is 68.8 Å². The van der Waals surface area contributed by atoms with Gasteiger partial charge in [0.05, 0.1) is 32.5 Å². The minimum Gasteiger partial charge on any atom is -0.381 e. The predicted octanol–water partition coefficient (Wildman–Crippen LogP) is -0.713. The molecule has 0 aromatic carbocycles. The van der Waals surface area contributed by atoms with E-state index in [0.717, 1.165) is 26.1 Å². The lowest BCUT2D eigenvalue weighted by Crippen LogP contribution is -2.45. The number of ether oxygens (including phenoxy) is 3. The van der Waals surface area contributed by atoms with Gasteiger partial charge in [0.25, 0.3) is 0 Å². The minimum absolute atomic E-state index is 0.0404. The van der Waals surface area contributed by atoms with Gasteiger partial charge in [-0.1, -0.05) is 0 Å². The maximum atomic E-state index is 11.7. The molecule has 6 nitrogen and oxygen atoms in total. The monoisotopic (exact) mass is 258 g/mol. The summed E-state index contributed by atoms with van der Waals surface area (Å²) in [6.07, 6.45) is 1.88. The first kappa shape index (κ1) is 13.7. The van der Waals surface area contributed by atoms with Crippen LogP contribution >= 0.6 is 0 Å². The van der Waals surface area contributed by atoms with Crippen molar-refractivity contribution in [2.45, 2.75) is 25.0 Å². The van der Waals surface area contributed by atoms with Crippen LogP contribution in [0.2, 0.25) is 0 Å². The molecule has 2 aliphatic rings. The number of hydrogen-bond donors (Lipinski definition) is 2. The van der Waals surface area contributed by atoms with E-state index in [-0.39, 0.29) is 18.1 Å². The first-order valence-electron chi connectivity index (χ1n) is 6.62. The molecular formula is C12H22N2O4. The van der Waals surface area contributed by atoms with Crippen LogP contribution in [0.3, 0.4) is 0 Å². The molecule has 0 bridgehead atoms. The lowest BCUT2D eigenvalue weighted by Gasteiger charge is -2.24. The highest BCUT2D eigenvalue weighted by atomic mass is 16.6. The normalized spacial score (nSPS) is 25.9. The molecule has 2 heterocycles. The summed E-state index contributed by atoms with van der Waals surface area (Å²) in [6.45, 7) is 4.38. The van der Waals surface area contributed by atoms with Gasteiger partial charge in [0, 0.05) is 25.8 Å². The quantitative estimate of drug-likeness (QED) is 0.681. The van der Waals surface area contributed by atoms with Gasteiger partial charge < -0.3 is 24.8 Å². The molecule has 1 amide bonds. The number of amides is 1. The summed E-state index contributed by atoms with van der Waals surface area (Å²) in [5, 5.41) is 6.10. The predicted molar refractivity (Wildman–Crippen MR) is 65.4 cm³/mol. The van der Waals surface area contributed by atoms with Crippen molar-refractivity contribution >= 4 is 5.91 Å². The highest BCUT2D eigenvalue weighted by Crippen LogP contribution is 2.05. The first-order chi connectivity index (χ1) is 8.84. The van der Waals surface area contributed by atoms with E-state index in [1.165, 1.54) is 0 Å². The van der Waals surface area contributed by atoms with Crippen LogP contribution in [0.1, 0.15) is 12.8 Å². The number of carbonyl (C=O) groups excluding carboxylic acids is 1. The molecule has 0 aliphatic carbocycles. The largest absolute Gasteiger partial charge is 0.381 e. The van der Waals surface area contributed by atoms with E-state index in [1.807, 2.05) is 0 Å². The molecule has 2 fully saturated rings. The van der Waals surface area contributed by atoms with E-state index in [9.17, 15) is 4.79 Å². The molecule has 2 N–H and O–H groups in total. The molecule has 1 unspecified atom stereocenters. The van der Waals surface area contributed by atoms with Gasteiger partial charge in [-0.25, -0.2) is 0 Å². The summed E-state index contributed by atoms with van der Waals surface area (Å²) < 4.78 is 16.0. The lowest BCUT2D eigenvalue weighted by atomic mass is 10.1. The maximum absolute atomic E-state index is 11.7. The molecule has 0 aromatic rings. The average Bonchev–Trinajstić information content (AvgIpc) is 2.41. The van der Waals surface area contributed by atoms with Crippen LogP contribution in [0.5, 0.6) is 0 Å². The zero-order valence-electron chi connectivity index (χ0n) is 10.7. The average molecular weight is 258 g/mol. The summed E-state index contributed by atoms with van der Waals surface area (Å²) in [7, 11) is 0. The molecule has 0 spiro atoms. The molecule has 1 atom stereocenters. The Kier molecular flexibility index (Phi) is 5.86. The van der Waals surface area contributed by atoms with Crippen LogP contribution in [0, 0.1) is 0 Å². The maximum Gasteiger partial charge on any atom is 0.234 e. The fourth-order valence-electron chi connectivity index (χ4n) is 2.12. The second-order valence-electron chi connectivity index (χ2n) is 4.65. The van der Waals surface area contributed by atoms with Crippen molar-refractivity contribution in [1.29, 1.82) is 0 Å². The molecule has 104 valence electrons. The zero-order valence-corrected chi connectivity index (χ0v) is 10.7. The van der Waals surface area contributed by atoms with Crippen LogP contribution in [0.4, 0.5) is 0 Å². The Labute approximate surface area is 107 Å². The third-order valence-corrected chi connectivity index (χ3v) is 3.13. The van der Waals surface area contributed by atoms with Crippen molar-refractivity contribution in [3.05, 3.63) is 0 Å². The highest BCUT2D eigenvalue weighted by Gasteiger charge is 2.17. The third-order valence-electron chi connectivity index (χ3n) is 3.13. The summed E-state index contributed by atoms with van der Waals surface area (Å²) in [5.41, 5.74) is 0. The second kappa shape index (κ2) is 7.68. The first-order valence-corrected chi connectivity index (χ1v) is 6.62. The van der Waals surface area contributed by atoms with Gasteiger partial charge in [-0.2, -0.15) is 0 Å². The molecular weight excluding hydrogens is 236 g/mol. The fraction of sp³-hybridized carbons (Fsp3) is 0.917. The smallest absolute Gasteiger partial charge is 0.234 e. The van der Waals surface area contributed by atoms with Crippen LogP contribution < -0.4 is 10.6 Å². The van der Waals surface area contributed by atoms with Crippen molar-refractivity contribution < 1.29 is 19.0 Å². The number of nitrogens with one attached hydrogen (secondary N) is 2. The van der Waals surface area contributed by atoms with E-state index in [4.69, 9.17) is 14.2 Å². The van der Waals surface area contributed by atoms with Gasteiger partial charge in [0.2, 0.25) is 5.91 Å². The van der Waals surface area contributed by atoms with E-state index >= 15 is 0 Å². The van der Waals surface area contributed by atoms with E-state index in [0.29, 0.717) is 32.9 Å². The Hall–Kier alpha value is -0.690. The minimum atomic E-state index is 0.0404. The van der Waals surface area contributed by atoms with Crippen molar-refractivity contribution in [2.24, 2.45) is 0 Å². The van der Waals surface area contributed by atoms with E-state index < -0.39 is 0 Å². The summed E-state index contributed by atoms with van der Waals surface area (Å²) in [6, 6.07) is 0.266. The van der Waals surface area contributed by atoms with Gasteiger partial charge in [-0.15, -0.1) is 0 Å². The fourth-order valence-corrected chi connectivity index (χ4v) is 2.12. The Morgan fingerprint density at radius 3 is 2.67 bits per heavy atom. The van der Waals surface area contributed by atoms with Crippen molar-refractivity contribution in [2.75, 3.05) is 46.1 Å². The van der Waals surface area contributed by atoms with E-state index in [1.54, 1.807) is 0 Å².